The van der Waals surface area contributed by atoms with Gasteiger partial charge in [0.05, 0.1) is 0 Å². The molecule has 0 bridgehead atoms. The normalized spacial score (nSPS) is 15.5. The molecule has 0 radical (unpaired) electrons. The highest BCUT2D eigenvalue weighted by atomic mass is 35.5. The highest BCUT2D eigenvalue weighted by Crippen LogP contribution is 2.30. The minimum atomic E-state index is 0.827. The summed E-state index contributed by atoms with van der Waals surface area (Å²) in [4.78, 5) is 2.44. The SMILES string of the molecule is CCN(CC1CCC1)c1ccc(CNC)c(Cl)c1. The zero-order valence-corrected chi connectivity index (χ0v) is 12.1. The van der Waals surface area contributed by atoms with Crippen LogP contribution in [0, 0.1) is 5.92 Å². The van der Waals surface area contributed by atoms with Crippen molar-refractivity contribution in [2.24, 2.45) is 5.92 Å². The first-order chi connectivity index (χ1) is 8.74. The molecule has 3 heteroatoms. The minimum Gasteiger partial charge on any atom is -0.371 e. The highest BCUT2D eigenvalue weighted by molar-refractivity contribution is 6.31. The molecule has 0 spiro atoms. The molecule has 1 aliphatic carbocycles. The molecule has 1 fully saturated rings. The van der Waals surface area contributed by atoms with Crippen LogP contribution >= 0.6 is 11.6 Å². The number of nitrogens with one attached hydrogen (secondary N) is 1. The van der Waals surface area contributed by atoms with Crippen LogP contribution in [-0.2, 0) is 6.54 Å². The Labute approximate surface area is 115 Å². The van der Waals surface area contributed by atoms with Gasteiger partial charge in [0.15, 0.2) is 0 Å². The average molecular weight is 267 g/mol. The quantitative estimate of drug-likeness (QED) is 0.845. The van der Waals surface area contributed by atoms with Crippen molar-refractivity contribution in [2.45, 2.75) is 32.7 Å². The van der Waals surface area contributed by atoms with E-state index in [0.29, 0.717) is 0 Å². The summed E-state index contributed by atoms with van der Waals surface area (Å²) in [5.41, 5.74) is 2.43. The molecule has 1 aromatic carbocycles. The third kappa shape index (κ3) is 3.18. The van der Waals surface area contributed by atoms with Crippen molar-refractivity contribution in [3.8, 4) is 0 Å². The van der Waals surface area contributed by atoms with Gasteiger partial charge in [-0.1, -0.05) is 24.1 Å². The largest absolute Gasteiger partial charge is 0.371 e. The number of rotatable bonds is 6. The fourth-order valence-electron chi connectivity index (χ4n) is 2.47. The second-order valence-electron chi connectivity index (χ2n) is 5.14. The van der Waals surface area contributed by atoms with E-state index < -0.39 is 0 Å². The van der Waals surface area contributed by atoms with Gasteiger partial charge in [0.25, 0.3) is 0 Å². The molecule has 1 aliphatic rings. The summed E-state index contributed by atoms with van der Waals surface area (Å²) in [5.74, 6) is 0.890. The van der Waals surface area contributed by atoms with Crippen molar-refractivity contribution in [3.63, 3.8) is 0 Å². The monoisotopic (exact) mass is 266 g/mol. The van der Waals surface area contributed by atoms with Gasteiger partial charge in [-0.2, -0.15) is 0 Å². The molecule has 1 aromatic rings. The van der Waals surface area contributed by atoms with E-state index in [9.17, 15) is 0 Å². The summed E-state index contributed by atoms with van der Waals surface area (Å²) in [6.07, 6.45) is 4.19. The average Bonchev–Trinajstić information content (AvgIpc) is 2.31. The van der Waals surface area contributed by atoms with Crippen LogP contribution in [0.15, 0.2) is 18.2 Å². The topological polar surface area (TPSA) is 15.3 Å². The second kappa shape index (κ2) is 6.44. The van der Waals surface area contributed by atoms with Gasteiger partial charge in [-0.3, -0.25) is 0 Å². The van der Waals surface area contributed by atoms with Crippen LogP contribution in [0.4, 0.5) is 5.69 Å². The summed E-state index contributed by atoms with van der Waals surface area (Å²) >= 11 is 6.33. The number of hydrogen-bond acceptors (Lipinski definition) is 2. The van der Waals surface area contributed by atoms with Gasteiger partial charge in [-0.05, 0) is 50.4 Å². The summed E-state index contributed by atoms with van der Waals surface area (Å²) in [7, 11) is 1.94. The van der Waals surface area contributed by atoms with Gasteiger partial charge in [0, 0.05) is 30.3 Å². The Balaban J connectivity index is 2.07. The van der Waals surface area contributed by atoms with Crippen molar-refractivity contribution in [1.82, 2.24) is 5.32 Å². The zero-order chi connectivity index (χ0) is 13.0. The summed E-state index contributed by atoms with van der Waals surface area (Å²) < 4.78 is 0. The molecule has 2 nitrogen and oxygen atoms in total. The molecule has 0 saturated heterocycles. The number of benzene rings is 1. The Morgan fingerprint density at radius 2 is 2.17 bits per heavy atom. The number of nitrogens with zero attached hydrogens (tertiary/aromatic N) is 1. The first-order valence-corrected chi connectivity index (χ1v) is 7.30. The summed E-state index contributed by atoms with van der Waals surface area (Å²) in [6.45, 7) is 5.28. The van der Waals surface area contributed by atoms with Crippen LogP contribution in [0.2, 0.25) is 5.02 Å². The van der Waals surface area contributed by atoms with E-state index in [4.69, 9.17) is 11.6 Å². The number of halogens is 1. The molecule has 1 saturated carbocycles. The molecule has 0 aliphatic heterocycles. The molecule has 2 rings (SSSR count). The minimum absolute atomic E-state index is 0.827. The van der Waals surface area contributed by atoms with E-state index >= 15 is 0 Å². The smallest absolute Gasteiger partial charge is 0.0471 e. The molecular weight excluding hydrogens is 244 g/mol. The summed E-state index contributed by atoms with van der Waals surface area (Å²) in [5, 5.41) is 4.01. The van der Waals surface area contributed by atoms with Crippen molar-refractivity contribution < 1.29 is 0 Å². The summed E-state index contributed by atoms with van der Waals surface area (Å²) in [6, 6.07) is 6.44. The Morgan fingerprint density at radius 3 is 2.67 bits per heavy atom. The van der Waals surface area contributed by atoms with E-state index in [-0.39, 0.29) is 0 Å². The van der Waals surface area contributed by atoms with Crippen LogP contribution in [0.1, 0.15) is 31.7 Å². The lowest BCUT2D eigenvalue weighted by Gasteiger charge is -2.33. The number of anilines is 1. The van der Waals surface area contributed by atoms with Crippen molar-refractivity contribution in [2.75, 3.05) is 25.0 Å². The third-order valence-corrected chi connectivity index (χ3v) is 4.21. The lowest BCUT2D eigenvalue weighted by Crippen LogP contribution is -2.32. The first kappa shape index (κ1) is 13.7. The molecule has 0 aromatic heterocycles. The maximum absolute atomic E-state index is 6.33. The third-order valence-electron chi connectivity index (χ3n) is 3.85. The van der Waals surface area contributed by atoms with E-state index in [2.05, 4.69) is 35.3 Å². The fourth-order valence-corrected chi connectivity index (χ4v) is 2.71. The molecule has 0 amide bonds. The predicted molar refractivity (Wildman–Crippen MR) is 79.4 cm³/mol. The number of hydrogen-bond donors (Lipinski definition) is 1. The highest BCUT2D eigenvalue weighted by Gasteiger charge is 2.20. The van der Waals surface area contributed by atoms with Crippen molar-refractivity contribution in [3.05, 3.63) is 28.8 Å². The van der Waals surface area contributed by atoms with Crippen LogP contribution in [-0.4, -0.2) is 20.1 Å². The maximum Gasteiger partial charge on any atom is 0.0471 e. The molecule has 100 valence electrons. The molecule has 1 N–H and O–H groups in total. The Kier molecular flexibility index (Phi) is 4.90. The van der Waals surface area contributed by atoms with E-state index in [1.807, 2.05) is 7.05 Å². The van der Waals surface area contributed by atoms with Crippen LogP contribution in [0.25, 0.3) is 0 Å². The second-order valence-corrected chi connectivity index (χ2v) is 5.55. The van der Waals surface area contributed by atoms with Gasteiger partial charge in [-0.15, -0.1) is 0 Å². The van der Waals surface area contributed by atoms with Gasteiger partial charge < -0.3 is 10.2 Å². The lowest BCUT2D eigenvalue weighted by molar-refractivity contribution is 0.318. The van der Waals surface area contributed by atoms with Crippen LogP contribution in [0.5, 0.6) is 0 Å². The van der Waals surface area contributed by atoms with E-state index in [0.717, 1.165) is 24.0 Å². The Morgan fingerprint density at radius 1 is 1.39 bits per heavy atom. The molecule has 0 heterocycles. The molecule has 0 unspecified atom stereocenters. The zero-order valence-electron chi connectivity index (χ0n) is 11.4. The fraction of sp³-hybridized carbons (Fsp3) is 0.600. The van der Waals surface area contributed by atoms with Crippen LogP contribution in [0.3, 0.4) is 0 Å². The van der Waals surface area contributed by atoms with E-state index in [1.54, 1.807) is 0 Å². The predicted octanol–water partition coefficient (Wildman–Crippen LogP) is 3.69. The van der Waals surface area contributed by atoms with Crippen molar-refractivity contribution in [1.29, 1.82) is 0 Å². The molecular formula is C15H23ClN2. The Hall–Kier alpha value is -0.730. The Bertz CT molecular complexity index is 388. The molecule has 0 atom stereocenters. The maximum atomic E-state index is 6.33. The van der Waals surface area contributed by atoms with Gasteiger partial charge in [-0.25, -0.2) is 0 Å². The van der Waals surface area contributed by atoms with Gasteiger partial charge in [0.2, 0.25) is 0 Å². The standard InChI is InChI=1S/C15H23ClN2/c1-3-18(11-12-5-4-6-12)14-8-7-13(10-17-2)15(16)9-14/h7-9,12,17H,3-6,10-11H2,1-2H3. The van der Waals surface area contributed by atoms with E-state index in [1.165, 1.54) is 37.1 Å². The van der Waals surface area contributed by atoms with Gasteiger partial charge >= 0.3 is 0 Å². The molecule has 18 heavy (non-hydrogen) atoms. The van der Waals surface area contributed by atoms with Crippen molar-refractivity contribution >= 4 is 17.3 Å². The first-order valence-electron chi connectivity index (χ1n) is 6.92. The lowest BCUT2D eigenvalue weighted by atomic mass is 9.85. The van der Waals surface area contributed by atoms with Crippen LogP contribution < -0.4 is 10.2 Å². The van der Waals surface area contributed by atoms with Gasteiger partial charge in [0.1, 0.15) is 0 Å².